The van der Waals surface area contributed by atoms with Crippen LogP contribution in [0.4, 0.5) is 5.69 Å². The minimum Gasteiger partial charge on any atom is -0.465 e. The highest BCUT2D eigenvalue weighted by Crippen LogP contribution is 2.57. The first-order valence-electron chi connectivity index (χ1n) is 9.77. The van der Waals surface area contributed by atoms with Gasteiger partial charge in [0.25, 0.3) is 0 Å². The maximum Gasteiger partial charge on any atom is 0.340 e. The van der Waals surface area contributed by atoms with Gasteiger partial charge in [-0.1, -0.05) is 32.0 Å². The lowest BCUT2D eigenvalue weighted by molar-refractivity contribution is -0.139. The van der Waals surface area contributed by atoms with E-state index in [1.54, 1.807) is 24.3 Å². The Morgan fingerprint density at radius 2 is 1.87 bits per heavy atom. The van der Waals surface area contributed by atoms with Crippen LogP contribution in [0.15, 0.2) is 47.1 Å². The highest BCUT2D eigenvalue weighted by molar-refractivity contribution is 6.24. The van der Waals surface area contributed by atoms with E-state index in [0.29, 0.717) is 17.7 Å². The molecule has 3 aliphatic rings. The van der Waals surface area contributed by atoms with Gasteiger partial charge >= 0.3 is 5.97 Å². The third-order valence-corrected chi connectivity index (χ3v) is 5.93. The quantitative estimate of drug-likeness (QED) is 0.681. The number of amides is 2. The van der Waals surface area contributed by atoms with Gasteiger partial charge in [-0.25, -0.2) is 4.79 Å². The lowest BCUT2D eigenvalue weighted by Gasteiger charge is -2.42. The maximum absolute atomic E-state index is 14.0. The number of carbonyl (C=O) groups excluding carboxylic acids is 4. The zero-order valence-corrected chi connectivity index (χ0v) is 17.5. The second-order valence-corrected chi connectivity index (χ2v) is 8.70. The molecular weight excluding hydrogens is 402 g/mol. The molecule has 1 spiro atoms. The van der Waals surface area contributed by atoms with E-state index in [0.717, 1.165) is 7.11 Å². The summed E-state index contributed by atoms with van der Waals surface area (Å²) in [5.74, 6) is -2.69. The Bertz CT molecular complexity index is 1120. The first-order valence-corrected chi connectivity index (χ1v) is 9.77. The highest BCUT2D eigenvalue weighted by atomic mass is 16.5. The molecule has 2 heterocycles. The number of carbonyl (C=O) groups is 4. The van der Waals surface area contributed by atoms with Crippen molar-refractivity contribution in [1.82, 2.24) is 0 Å². The molecule has 9 heteroatoms. The number of methoxy groups -OCH3 is 1. The van der Waals surface area contributed by atoms with Gasteiger partial charge in [0, 0.05) is 24.1 Å². The molecule has 162 valence electrons. The van der Waals surface area contributed by atoms with Crippen molar-refractivity contribution in [3.8, 4) is 0 Å². The first kappa shape index (κ1) is 20.6. The van der Waals surface area contributed by atoms with Crippen LogP contribution in [0.25, 0.3) is 0 Å². The van der Waals surface area contributed by atoms with Crippen LogP contribution < -0.4 is 16.4 Å². The summed E-state index contributed by atoms with van der Waals surface area (Å²) in [7, 11) is 1.15. The zero-order valence-electron chi connectivity index (χ0n) is 17.5. The van der Waals surface area contributed by atoms with Gasteiger partial charge in [-0.2, -0.15) is 0 Å². The van der Waals surface area contributed by atoms with Crippen molar-refractivity contribution in [1.29, 1.82) is 0 Å². The topological polar surface area (TPSA) is 142 Å². The molecule has 0 radical (unpaired) electrons. The summed E-state index contributed by atoms with van der Waals surface area (Å²) < 4.78 is 10.7. The fraction of sp³-hybridized carbons (Fsp3) is 0.364. The minimum atomic E-state index is -1.87. The fourth-order valence-corrected chi connectivity index (χ4v) is 4.87. The molecule has 1 atom stereocenters. The van der Waals surface area contributed by atoms with Crippen molar-refractivity contribution >= 4 is 29.3 Å². The summed E-state index contributed by atoms with van der Waals surface area (Å²) >= 11 is 0. The number of nitrogens with zero attached hydrogens (tertiary/aromatic N) is 1. The predicted molar refractivity (Wildman–Crippen MR) is 109 cm³/mol. The summed E-state index contributed by atoms with van der Waals surface area (Å²) in [6.07, 6.45) is 0.493. The standard InChI is InChI=1S/C22H23N3O6/c1-21(2)8-13(26)16-14(9-21)31-18(24)17(19(28)30-3)22(16)11-6-4-5-7-12(11)25(20(22)29)10-15(23)27/h4-7H,8-10,24H2,1-3H3,(H2,23,27). The summed E-state index contributed by atoms with van der Waals surface area (Å²) in [5, 5.41) is 0. The van der Waals surface area contributed by atoms with E-state index in [1.165, 1.54) is 4.90 Å². The number of fused-ring (bicyclic) bond motifs is 3. The molecule has 9 nitrogen and oxygen atoms in total. The average Bonchev–Trinajstić information content (AvgIpc) is 2.89. The monoisotopic (exact) mass is 425 g/mol. The van der Waals surface area contributed by atoms with Gasteiger partial charge in [-0.05, 0) is 11.5 Å². The molecule has 1 aromatic rings. The van der Waals surface area contributed by atoms with Crippen molar-refractivity contribution in [2.75, 3.05) is 18.6 Å². The Labute approximate surface area is 178 Å². The zero-order chi connectivity index (χ0) is 22.7. The second kappa shape index (κ2) is 6.69. The summed E-state index contributed by atoms with van der Waals surface area (Å²) in [6.45, 7) is 3.39. The molecule has 4 N–H and O–H groups in total. The molecule has 2 amide bonds. The van der Waals surface area contributed by atoms with E-state index in [1.807, 2.05) is 13.8 Å². The molecule has 0 aromatic heterocycles. The van der Waals surface area contributed by atoms with Crippen LogP contribution in [-0.2, 0) is 34.1 Å². The number of primary amides is 1. The third kappa shape index (κ3) is 2.76. The van der Waals surface area contributed by atoms with Gasteiger partial charge < -0.3 is 25.8 Å². The Kier molecular flexibility index (Phi) is 4.46. The second-order valence-electron chi connectivity index (χ2n) is 8.70. The lowest BCUT2D eigenvalue weighted by Crippen LogP contribution is -2.53. The minimum absolute atomic E-state index is 0.0610. The molecule has 1 unspecified atom stereocenters. The fourth-order valence-electron chi connectivity index (χ4n) is 4.87. The molecule has 0 saturated carbocycles. The molecule has 2 aliphatic heterocycles. The van der Waals surface area contributed by atoms with E-state index < -0.39 is 35.2 Å². The van der Waals surface area contributed by atoms with Crippen LogP contribution in [0, 0.1) is 5.41 Å². The van der Waals surface area contributed by atoms with E-state index in [9.17, 15) is 19.2 Å². The number of para-hydroxylation sites is 1. The Morgan fingerprint density at radius 3 is 2.52 bits per heavy atom. The van der Waals surface area contributed by atoms with Crippen molar-refractivity contribution in [2.24, 2.45) is 16.9 Å². The molecular formula is C22H23N3O6. The number of Topliss-reactive ketones (excluding diaryl/α,β-unsaturated/α-hetero) is 1. The Hall–Kier alpha value is -3.62. The van der Waals surface area contributed by atoms with Gasteiger partial charge in [0.05, 0.1) is 12.7 Å². The van der Waals surface area contributed by atoms with Crippen molar-refractivity contribution in [2.45, 2.75) is 32.1 Å². The molecule has 31 heavy (non-hydrogen) atoms. The number of benzene rings is 1. The number of hydrogen-bond acceptors (Lipinski definition) is 7. The highest BCUT2D eigenvalue weighted by Gasteiger charge is 2.64. The van der Waals surface area contributed by atoms with Gasteiger partial charge in [0.1, 0.15) is 23.3 Å². The number of nitrogens with two attached hydrogens (primary N) is 2. The van der Waals surface area contributed by atoms with Crippen molar-refractivity contribution < 1.29 is 28.7 Å². The average molecular weight is 425 g/mol. The smallest absolute Gasteiger partial charge is 0.340 e. The number of rotatable bonds is 3. The number of esters is 1. The van der Waals surface area contributed by atoms with E-state index in [2.05, 4.69) is 0 Å². The van der Waals surface area contributed by atoms with Crippen LogP contribution in [-0.4, -0.2) is 37.2 Å². The normalized spacial score (nSPS) is 24.2. The predicted octanol–water partition coefficient (Wildman–Crippen LogP) is 0.773. The molecule has 4 rings (SSSR count). The summed E-state index contributed by atoms with van der Waals surface area (Å²) in [5.41, 5.74) is 9.77. The third-order valence-electron chi connectivity index (χ3n) is 5.93. The number of allylic oxidation sites excluding steroid dienone is 1. The van der Waals surface area contributed by atoms with Gasteiger partial charge in [0.15, 0.2) is 5.78 Å². The molecule has 0 bridgehead atoms. The molecule has 1 aromatic carbocycles. The molecule has 0 fully saturated rings. The summed E-state index contributed by atoms with van der Waals surface area (Å²) in [4.78, 5) is 53.2. The SMILES string of the molecule is COC(=O)C1=C(N)OC2=C(C(=O)CC(C)(C)C2)C12C(=O)N(CC(N)=O)c1ccccc12. The number of anilines is 1. The summed E-state index contributed by atoms with van der Waals surface area (Å²) in [6, 6.07) is 6.63. The number of ketones is 1. The van der Waals surface area contributed by atoms with Gasteiger partial charge in [-0.15, -0.1) is 0 Å². The van der Waals surface area contributed by atoms with Gasteiger partial charge in [0.2, 0.25) is 17.7 Å². The molecule has 0 saturated heterocycles. The molecule has 1 aliphatic carbocycles. The number of hydrogen-bond donors (Lipinski definition) is 2. The first-order chi connectivity index (χ1) is 14.5. The number of ether oxygens (including phenoxy) is 2. The Morgan fingerprint density at radius 1 is 1.19 bits per heavy atom. The van der Waals surface area contributed by atoms with Crippen molar-refractivity contribution in [3.05, 3.63) is 52.6 Å². The van der Waals surface area contributed by atoms with Crippen LogP contribution >= 0.6 is 0 Å². The van der Waals surface area contributed by atoms with Crippen molar-refractivity contribution in [3.63, 3.8) is 0 Å². The Balaban J connectivity index is 2.10. The maximum atomic E-state index is 14.0. The lowest BCUT2D eigenvalue weighted by atomic mass is 9.62. The largest absolute Gasteiger partial charge is 0.465 e. The van der Waals surface area contributed by atoms with Crippen LogP contribution in [0.2, 0.25) is 0 Å². The van der Waals surface area contributed by atoms with Crippen LogP contribution in [0.3, 0.4) is 0 Å². The van der Waals surface area contributed by atoms with E-state index in [4.69, 9.17) is 20.9 Å². The van der Waals surface area contributed by atoms with Crippen LogP contribution in [0.1, 0.15) is 32.3 Å². The van der Waals surface area contributed by atoms with E-state index in [-0.39, 0.29) is 35.0 Å². The van der Waals surface area contributed by atoms with E-state index >= 15 is 0 Å². The van der Waals surface area contributed by atoms with Gasteiger partial charge in [-0.3, -0.25) is 14.4 Å². The van der Waals surface area contributed by atoms with Crippen LogP contribution in [0.5, 0.6) is 0 Å².